The highest BCUT2D eigenvalue weighted by molar-refractivity contribution is 5.80. The van der Waals surface area contributed by atoms with Gasteiger partial charge in [0.1, 0.15) is 5.92 Å². The molecule has 0 aliphatic rings. The summed E-state index contributed by atoms with van der Waals surface area (Å²) in [5, 5.41) is 11.8. The second-order valence-electron chi connectivity index (χ2n) is 5.37. The minimum atomic E-state index is -0.486. The highest BCUT2D eigenvalue weighted by Gasteiger charge is 2.21. The molecule has 0 aromatic heterocycles. The third-order valence-electron chi connectivity index (χ3n) is 3.27. The number of rotatable bonds is 7. The van der Waals surface area contributed by atoms with Gasteiger partial charge in [0.15, 0.2) is 0 Å². The van der Waals surface area contributed by atoms with Gasteiger partial charge in [0.2, 0.25) is 5.91 Å². The van der Waals surface area contributed by atoms with Gasteiger partial charge in [-0.15, -0.1) is 0 Å². The predicted molar refractivity (Wildman–Crippen MR) is 70.2 cm³/mol. The first-order chi connectivity index (χ1) is 7.93. The summed E-state index contributed by atoms with van der Waals surface area (Å²) >= 11 is 0. The van der Waals surface area contributed by atoms with E-state index < -0.39 is 5.92 Å². The molecule has 0 bridgehead atoms. The number of carbonyl (C=O) groups excluding carboxylic acids is 1. The summed E-state index contributed by atoms with van der Waals surface area (Å²) in [5.41, 5.74) is 0. The highest BCUT2D eigenvalue weighted by atomic mass is 16.1. The second-order valence-corrected chi connectivity index (χ2v) is 5.37. The molecule has 0 aromatic rings. The Balaban J connectivity index is 4.26. The Kier molecular flexibility index (Phi) is 7.61. The van der Waals surface area contributed by atoms with E-state index >= 15 is 0 Å². The third kappa shape index (κ3) is 5.72. The van der Waals surface area contributed by atoms with E-state index in [-0.39, 0.29) is 5.91 Å². The van der Waals surface area contributed by atoms with Crippen LogP contribution in [0.5, 0.6) is 0 Å². The Morgan fingerprint density at radius 3 is 2.12 bits per heavy atom. The van der Waals surface area contributed by atoms with E-state index in [1.165, 1.54) is 0 Å². The number of nitrogens with one attached hydrogen (secondary N) is 1. The van der Waals surface area contributed by atoms with E-state index in [1.54, 1.807) is 0 Å². The first kappa shape index (κ1) is 16.0. The predicted octanol–water partition coefficient (Wildman–Crippen LogP) is 2.97. The molecule has 1 unspecified atom stereocenters. The zero-order valence-electron chi connectivity index (χ0n) is 11.8. The zero-order chi connectivity index (χ0) is 13.4. The van der Waals surface area contributed by atoms with Crippen molar-refractivity contribution in [1.29, 1.82) is 5.26 Å². The molecular weight excluding hydrogens is 212 g/mol. The lowest BCUT2D eigenvalue weighted by Gasteiger charge is -2.25. The van der Waals surface area contributed by atoms with Gasteiger partial charge in [-0.25, -0.2) is 0 Å². The van der Waals surface area contributed by atoms with Crippen LogP contribution in [0.2, 0.25) is 0 Å². The minimum absolute atomic E-state index is 0.111. The molecule has 0 radical (unpaired) electrons. The molecule has 3 nitrogen and oxygen atoms in total. The first-order valence-corrected chi connectivity index (χ1v) is 6.61. The fourth-order valence-electron chi connectivity index (χ4n) is 2.13. The van der Waals surface area contributed by atoms with Gasteiger partial charge in [-0.2, -0.15) is 5.26 Å². The molecule has 0 spiro atoms. The maximum Gasteiger partial charge on any atom is 0.237 e. The molecule has 0 aliphatic heterocycles. The van der Waals surface area contributed by atoms with Crippen molar-refractivity contribution < 1.29 is 4.79 Å². The molecule has 0 aliphatic carbocycles. The van der Waals surface area contributed by atoms with E-state index in [1.807, 2.05) is 6.92 Å². The third-order valence-corrected chi connectivity index (χ3v) is 3.27. The topological polar surface area (TPSA) is 52.9 Å². The monoisotopic (exact) mass is 238 g/mol. The molecule has 1 atom stereocenters. The fraction of sp³-hybridized carbons (Fsp3) is 0.857. The molecular formula is C14H26N2O. The SMILES string of the molecule is CCCC(C#N)C(=O)NCC(C(C)C)C(C)C. The number of nitriles is 1. The van der Waals surface area contributed by atoms with Crippen LogP contribution in [0, 0.1) is 35.0 Å². The normalized spacial score (nSPS) is 12.9. The molecule has 0 fully saturated rings. The van der Waals surface area contributed by atoms with Crippen LogP contribution < -0.4 is 5.32 Å². The Hall–Kier alpha value is -1.04. The molecule has 0 saturated heterocycles. The van der Waals surface area contributed by atoms with Gasteiger partial charge in [-0.3, -0.25) is 4.79 Å². The van der Waals surface area contributed by atoms with Crippen molar-refractivity contribution in [3.63, 3.8) is 0 Å². The van der Waals surface area contributed by atoms with Crippen LogP contribution in [0.4, 0.5) is 0 Å². The zero-order valence-corrected chi connectivity index (χ0v) is 11.8. The van der Waals surface area contributed by atoms with Crippen LogP contribution in [0.1, 0.15) is 47.5 Å². The van der Waals surface area contributed by atoms with Gasteiger partial charge in [-0.1, -0.05) is 41.0 Å². The average molecular weight is 238 g/mol. The molecule has 0 rings (SSSR count). The summed E-state index contributed by atoms with van der Waals surface area (Å²) in [7, 11) is 0. The van der Waals surface area contributed by atoms with Crippen LogP contribution in [-0.2, 0) is 4.79 Å². The Bertz CT molecular complexity index is 258. The number of carbonyl (C=O) groups is 1. The van der Waals surface area contributed by atoms with Crippen molar-refractivity contribution in [2.45, 2.75) is 47.5 Å². The van der Waals surface area contributed by atoms with Gasteiger partial charge in [-0.05, 0) is 24.2 Å². The molecule has 0 heterocycles. The van der Waals surface area contributed by atoms with E-state index in [9.17, 15) is 4.79 Å². The average Bonchev–Trinajstić information content (AvgIpc) is 2.24. The van der Waals surface area contributed by atoms with Crippen molar-refractivity contribution in [2.75, 3.05) is 6.54 Å². The van der Waals surface area contributed by atoms with Gasteiger partial charge in [0.25, 0.3) is 0 Å². The number of nitrogens with zero attached hydrogens (tertiary/aromatic N) is 1. The number of hydrogen-bond donors (Lipinski definition) is 1. The summed E-state index contributed by atoms with van der Waals surface area (Å²) in [6.07, 6.45) is 1.51. The summed E-state index contributed by atoms with van der Waals surface area (Å²) in [4.78, 5) is 11.8. The number of hydrogen-bond acceptors (Lipinski definition) is 2. The van der Waals surface area contributed by atoms with Gasteiger partial charge in [0, 0.05) is 6.54 Å². The summed E-state index contributed by atoms with van der Waals surface area (Å²) in [6.45, 7) is 11.4. The fourth-order valence-corrected chi connectivity index (χ4v) is 2.13. The van der Waals surface area contributed by atoms with E-state index in [2.05, 4.69) is 39.1 Å². The molecule has 0 aromatic carbocycles. The Labute approximate surface area is 106 Å². The lowest BCUT2D eigenvalue weighted by atomic mass is 9.85. The van der Waals surface area contributed by atoms with Crippen molar-refractivity contribution in [2.24, 2.45) is 23.7 Å². The summed E-state index contributed by atoms with van der Waals surface area (Å²) < 4.78 is 0. The van der Waals surface area contributed by atoms with Crippen molar-refractivity contribution in [1.82, 2.24) is 5.32 Å². The van der Waals surface area contributed by atoms with Crippen molar-refractivity contribution in [3.05, 3.63) is 0 Å². The Morgan fingerprint density at radius 2 is 1.76 bits per heavy atom. The highest BCUT2D eigenvalue weighted by Crippen LogP contribution is 2.19. The molecule has 0 saturated carbocycles. The van der Waals surface area contributed by atoms with Crippen LogP contribution in [-0.4, -0.2) is 12.5 Å². The summed E-state index contributed by atoms with van der Waals surface area (Å²) in [5.74, 6) is 0.963. The second kappa shape index (κ2) is 8.11. The number of amides is 1. The van der Waals surface area contributed by atoms with Crippen molar-refractivity contribution in [3.8, 4) is 6.07 Å². The summed E-state index contributed by atoms with van der Waals surface area (Å²) in [6, 6.07) is 2.07. The van der Waals surface area contributed by atoms with Crippen LogP contribution in [0.15, 0.2) is 0 Å². The van der Waals surface area contributed by atoms with Crippen LogP contribution in [0.25, 0.3) is 0 Å². The minimum Gasteiger partial charge on any atom is -0.355 e. The molecule has 1 amide bonds. The lowest BCUT2D eigenvalue weighted by Crippen LogP contribution is -2.37. The van der Waals surface area contributed by atoms with Gasteiger partial charge in [0.05, 0.1) is 6.07 Å². The largest absolute Gasteiger partial charge is 0.355 e. The Morgan fingerprint density at radius 1 is 1.24 bits per heavy atom. The molecule has 98 valence electrons. The van der Waals surface area contributed by atoms with Crippen LogP contribution in [0.3, 0.4) is 0 Å². The van der Waals surface area contributed by atoms with E-state index in [0.29, 0.717) is 30.7 Å². The van der Waals surface area contributed by atoms with Gasteiger partial charge >= 0.3 is 0 Å². The first-order valence-electron chi connectivity index (χ1n) is 6.61. The standard InChI is InChI=1S/C14H26N2O/c1-6-7-12(8-15)14(17)16-9-13(10(2)3)11(4)5/h10-13H,6-7,9H2,1-5H3,(H,16,17). The molecule has 3 heteroatoms. The quantitative estimate of drug-likeness (QED) is 0.741. The van der Waals surface area contributed by atoms with Crippen LogP contribution >= 0.6 is 0 Å². The smallest absolute Gasteiger partial charge is 0.237 e. The van der Waals surface area contributed by atoms with Crippen molar-refractivity contribution >= 4 is 5.91 Å². The van der Waals surface area contributed by atoms with Gasteiger partial charge < -0.3 is 5.32 Å². The molecule has 1 N–H and O–H groups in total. The maximum atomic E-state index is 11.8. The molecule has 17 heavy (non-hydrogen) atoms. The van der Waals surface area contributed by atoms with E-state index in [0.717, 1.165) is 6.42 Å². The van der Waals surface area contributed by atoms with E-state index in [4.69, 9.17) is 5.26 Å². The maximum absolute atomic E-state index is 11.8. The lowest BCUT2D eigenvalue weighted by molar-refractivity contribution is -0.123.